The molecule has 0 amide bonds. The zero-order valence-corrected chi connectivity index (χ0v) is 13.2. The molecule has 0 saturated heterocycles. The summed E-state index contributed by atoms with van der Waals surface area (Å²) in [7, 11) is -1.76. The maximum Gasteiger partial charge on any atom is 0.258 e. The van der Waals surface area contributed by atoms with Crippen LogP contribution in [-0.2, 0) is 16.6 Å². The highest BCUT2D eigenvalue weighted by atomic mass is 32.2. The van der Waals surface area contributed by atoms with Crippen LogP contribution in [0.4, 0.5) is 0 Å². The van der Waals surface area contributed by atoms with Crippen LogP contribution in [0, 0.1) is 0 Å². The number of nitrogens with zero attached hydrogens (tertiary/aromatic N) is 1. The predicted octanol–water partition coefficient (Wildman–Crippen LogP) is 0.939. The molecule has 0 aliphatic carbocycles. The second kappa shape index (κ2) is 7.88. The van der Waals surface area contributed by atoms with E-state index < -0.39 is 10.0 Å². The normalized spacial score (nSPS) is 13.6. The highest BCUT2D eigenvalue weighted by molar-refractivity contribution is 7.99. The lowest BCUT2D eigenvalue weighted by Gasteiger charge is -2.13. The third-order valence-electron chi connectivity index (χ3n) is 2.57. The van der Waals surface area contributed by atoms with E-state index in [0.717, 1.165) is 17.9 Å². The van der Waals surface area contributed by atoms with Gasteiger partial charge in [-0.2, -0.15) is 16.9 Å². The van der Waals surface area contributed by atoms with Gasteiger partial charge in [-0.1, -0.05) is 6.92 Å². The number of thioether (sulfide) groups is 1. The monoisotopic (exact) mass is 306 g/mol. The Kier molecular flexibility index (Phi) is 6.84. The average molecular weight is 306 g/mol. The maximum atomic E-state index is 12.2. The fraction of sp³-hybridized carbons (Fsp3) is 0.727. The number of aromatic amines is 1. The lowest BCUT2D eigenvalue weighted by atomic mass is 10.3. The highest BCUT2D eigenvalue weighted by Gasteiger charge is 2.22. The van der Waals surface area contributed by atoms with Crippen LogP contribution in [0.3, 0.4) is 0 Å². The van der Waals surface area contributed by atoms with Gasteiger partial charge >= 0.3 is 0 Å². The summed E-state index contributed by atoms with van der Waals surface area (Å²) in [5.41, 5.74) is 0.644. The van der Waals surface area contributed by atoms with Crippen LogP contribution in [0.5, 0.6) is 0 Å². The molecule has 8 heteroatoms. The number of nitrogens with one attached hydrogen (secondary N) is 3. The molecule has 0 spiro atoms. The quantitative estimate of drug-likeness (QED) is 0.591. The number of H-pyrrole nitrogens is 1. The topological polar surface area (TPSA) is 86.9 Å². The molecule has 0 radical (unpaired) electrons. The second-order valence-electron chi connectivity index (χ2n) is 4.26. The summed E-state index contributed by atoms with van der Waals surface area (Å²) < 4.78 is 27.1. The summed E-state index contributed by atoms with van der Waals surface area (Å²) >= 11 is 1.81. The van der Waals surface area contributed by atoms with Gasteiger partial charge in [-0.05, 0) is 31.9 Å². The Morgan fingerprint density at radius 2 is 2.26 bits per heavy atom. The molecule has 6 nitrogen and oxygen atoms in total. The molecule has 1 heterocycles. The lowest BCUT2D eigenvalue weighted by Crippen LogP contribution is -2.34. The summed E-state index contributed by atoms with van der Waals surface area (Å²) in [5, 5.41) is 9.43. The smallest absolute Gasteiger partial charge is 0.258 e. The van der Waals surface area contributed by atoms with Crippen molar-refractivity contribution in [2.24, 2.45) is 0 Å². The van der Waals surface area contributed by atoms with Crippen molar-refractivity contribution in [3.05, 3.63) is 11.8 Å². The van der Waals surface area contributed by atoms with Crippen LogP contribution in [0.2, 0.25) is 0 Å². The molecular formula is C11H22N4O2S2. The molecule has 3 N–H and O–H groups in total. The number of aromatic nitrogens is 2. The Morgan fingerprint density at radius 3 is 2.89 bits per heavy atom. The molecule has 1 unspecified atom stereocenters. The Bertz CT molecular complexity index is 473. The molecule has 0 bridgehead atoms. The predicted molar refractivity (Wildman–Crippen MR) is 78.8 cm³/mol. The maximum absolute atomic E-state index is 12.2. The van der Waals surface area contributed by atoms with Gasteiger partial charge in [0.05, 0.1) is 6.20 Å². The van der Waals surface area contributed by atoms with Crippen molar-refractivity contribution < 1.29 is 8.42 Å². The largest absolute Gasteiger partial charge is 0.316 e. The van der Waals surface area contributed by atoms with Gasteiger partial charge in [0.1, 0.15) is 0 Å². The van der Waals surface area contributed by atoms with Gasteiger partial charge in [0.2, 0.25) is 0 Å². The first-order chi connectivity index (χ1) is 9.01. The highest BCUT2D eigenvalue weighted by Crippen LogP contribution is 2.13. The summed E-state index contributed by atoms with van der Waals surface area (Å²) in [6.07, 6.45) is 2.34. The molecule has 1 atom stereocenters. The summed E-state index contributed by atoms with van der Waals surface area (Å²) in [4.78, 5) is 0. The van der Waals surface area contributed by atoms with Crippen LogP contribution in [-0.4, -0.2) is 43.2 Å². The first-order valence-corrected chi connectivity index (χ1v) is 8.92. The Morgan fingerprint density at radius 1 is 1.53 bits per heavy atom. The van der Waals surface area contributed by atoms with E-state index in [-0.39, 0.29) is 11.1 Å². The average Bonchev–Trinajstić information content (AvgIpc) is 2.78. The SMILES string of the molecule is CCSCCC(C)NS(=O)(=O)c1[nH]ncc1CNC. The molecule has 0 aliphatic rings. The second-order valence-corrected chi connectivity index (χ2v) is 7.31. The third-order valence-corrected chi connectivity index (χ3v) is 5.11. The molecule has 0 saturated carbocycles. The standard InChI is InChI=1S/C11H22N4O2S2/c1-4-18-6-5-9(2)15-19(16,17)11-10(7-12-3)8-13-14-11/h8-9,12,15H,4-7H2,1-3H3,(H,13,14). The lowest BCUT2D eigenvalue weighted by molar-refractivity contribution is 0.551. The van der Waals surface area contributed by atoms with Gasteiger partial charge in [-0.15, -0.1) is 0 Å². The van der Waals surface area contributed by atoms with Crippen molar-refractivity contribution >= 4 is 21.8 Å². The summed E-state index contributed by atoms with van der Waals surface area (Å²) in [5.74, 6) is 2.00. The van der Waals surface area contributed by atoms with Crippen LogP contribution in [0.1, 0.15) is 25.8 Å². The fourth-order valence-corrected chi connectivity index (χ4v) is 3.85. The minimum atomic E-state index is -3.52. The van der Waals surface area contributed by atoms with E-state index in [1.54, 1.807) is 18.8 Å². The van der Waals surface area contributed by atoms with Crippen molar-refractivity contribution in [1.29, 1.82) is 0 Å². The molecule has 1 aromatic rings. The van der Waals surface area contributed by atoms with Crippen molar-refractivity contribution in [1.82, 2.24) is 20.2 Å². The third kappa shape index (κ3) is 5.13. The van der Waals surface area contributed by atoms with E-state index in [2.05, 4.69) is 27.2 Å². The van der Waals surface area contributed by atoms with E-state index in [0.29, 0.717) is 12.1 Å². The Hall–Kier alpha value is -0.570. The van der Waals surface area contributed by atoms with Crippen molar-refractivity contribution in [3.8, 4) is 0 Å². The first-order valence-electron chi connectivity index (χ1n) is 6.28. The molecule has 1 rings (SSSR count). The van der Waals surface area contributed by atoms with Crippen LogP contribution < -0.4 is 10.0 Å². The molecule has 0 aromatic carbocycles. The molecule has 1 aromatic heterocycles. The van der Waals surface area contributed by atoms with Crippen molar-refractivity contribution in [3.63, 3.8) is 0 Å². The minimum Gasteiger partial charge on any atom is -0.316 e. The van der Waals surface area contributed by atoms with E-state index in [1.807, 2.05) is 6.92 Å². The van der Waals surface area contributed by atoms with Crippen LogP contribution in [0.15, 0.2) is 11.2 Å². The summed E-state index contributed by atoms with van der Waals surface area (Å²) in [6, 6.07) is -0.0882. The zero-order chi connectivity index (χ0) is 14.3. The van der Waals surface area contributed by atoms with Gasteiger partial charge in [0.15, 0.2) is 5.03 Å². The molecular weight excluding hydrogens is 284 g/mol. The molecule has 110 valence electrons. The fourth-order valence-electron chi connectivity index (χ4n) is 1.64. The Labute approximate surface area is 119 Å². The Balaban J connectivity index is 2.67. The number of rotatable bonds is 9. The van der Waals surface area contributed by atoms with Crippen molar-refractivity contribution in [2.45, 2.75) is 37.9 Å². The molecule has 0 fully saturated rings. The van der Waals surface area contributed by atoms with Gasteiger partial charge in [0.25, 0.3) is 10.0 Å². The number of sulfonamides is 1. The first kappa shape index (κ1) is 16.5. The van der Waals surface area contributed by atoms with E-state index in [4.69, 9.17) is 0 Å². The summed E-state index contributed by atoms with van der Waals surface area (Å²) in [6.45, 7) is 4.43. The van der Waals surface area contributed by atoms with Gasteiger partial charge in [0, 0.05) is 18.2 Å². The van der Waals surface area contributed by atoms with Gasteiger partial charge in [-0.25, -0.2) is 13.1 Å². The zero-order valence-electron chi connectivity index (χ0n) is 11.6. The molecule has 19 heavy (non-hydrogen) atoms. The van der Waals surface area contributed by atoms with Gasteiger partial charge < -0.3 is 5.32 Å². The number of hydrogen-bond acceptors (Lipinski definition) is 5. The van der Waals surface area contributed by atoms with E-state index in [9.17, 15) is 8.42 Å². The van der Waals surface area contributed by atoms with E-state index in [1.165, 1.54) is 6.20 Å². The van der Waals surface area contributed by atoms with E-state index >= 15 is 0 Å². The minimum absolute atomic E-state index is 0.0882. The van der Waals surface area contributed by atoms with Crippen LogP contribution >= 0.6 is 11.8 Å². The number of hydrogen-bond donors (Lipinski definition) is 3. The van der Waals surface area contributed by atoms with Crippen LogP contribution in [0.25, 0.3) is 0 Å². The van der Waals surface area contributed by atoms with Gasteiger partial charge in [-0.3, -0.25) is 5.10 Å². The molecule has 0 aliphatic heterocycles. The van der Waals surface area contributed by atoms with Crippen molar-refractivity contribution in [2.75, 3.05) is 18.6 Å².